The van der Waals surface area contributed by atoms with E-state index in [1.54, 1.807) is 30.5 Å². The van der Waals surface area contributed by atoms with Crippen molar-refractivity contribution in [2.45, 2.75) is 12.6 Å². The molecule has 5 aromatic rings. The fourth-order valence-electron chi connectivity index (χ4n) is 5.56. The van der Waals surface area contributed by atoms with Gasteiger partial charge in [-0.3, -0.25) is 24.1 Å². The van der Waals surface area contributed by atoms with Crippen molar-refractivity contribution >= 4 is 51.5 Å². The summed E-state index contributed by atoms with van der Waals surface area (Å²) in [5.74, 6) is -2.33. The zero-order valence-electron chi connectivity index (χ0n) is 24.4. The Balaban J connectivity index is 1.42. The van der Waals surface area contributed by atoms with Crippen LogP contribution in [0.4, 0.5) is 17.1 Å². The molecule has 220 valence electrons. The minimum Gasteiger partial charge on any atom is -0.378 e. The third-order valence-electron chi connectivity index (χ3n) is 7.82. The van der Waals surface area contributed by atoms with Gasteiger partial charge < -0.3 is 20.1 Å². The van der Waals surface area contributed by atoms with E-state index in [4.69, 9.17) is 0 Å². The standard InChI is InChI=1S/C35H31N5O4/c1-38(2)25-18-16-24(17-19-25)37-34(43)32(28-20-36-29-14-8-6-12-26(28)29)40(21-23-10-4-3-5-11-23)31(41)22-39-30-15-9-7-13-27(30)33(42)35(39)44/h3-20,32,36H,21-22H2,1-2H3,(H,37,43). The van der Waals surface area contributed by atoms with Gasteiger partial charge in [-0.05, 0) is 48.0 Å². The highest BCUT2D eigenvalue weighted by atomic mass is 16.2. The van der Waals surface area contributed by atoms with Crippen molar-refractivity contribution < 1.29 is 19.2 Å². The maximum atomic E-state index is 14.3. The highest BCUT2D eigenvalue weighted by Gasteiger charge is 2.40. The van der Waals surface area contributed by atoms with E-state index in [1.807, 2.05) is 97.9 Å². The molecule has 0 fully saturated rings. The number of para-hydroxylation sites is 2. The molecule has 6 rings (SSSR count). The van der Waals surface area contributed by atoms with E-state index in [2.05, 4.69) is 10.3 Å². The van der Waals surface area contributed by atoms with Crippen LogP contribution in [0.5, 0.6) is 0 Å². The highest BCUT2D eigenvalue weighted by molar-refractivity contribution is 6.52. The molecule has 2 heterocycles. The molecule has 1 aliphatic rings. The molecule has 0 bridgehead atoms. The van der Waals surface area contributed by atoms with Crippen molar-refractivity contribution in [3.05, 3.63) is 126 Å². The molecule has 44 heavy (non-hydrogen) atoms. The number of rotatable bonds is 9. The highest BCUT2D eigenvalue weighted by Crippen LogP contribution is 2.33. The maximum Gasteiger partial charge on any atom is 0.299 e. The third kappa shape index (κ3) is 5.43. The van der Waals surface area contributed by atoms with Gasteiger partial charge >= 0.3 is 0 Å². The minimum atomic E-state index is -1.07. The fraction of sp³-hybridized carbons (Fsp3) is 0.143. The summed E-state index contributed by atoms with van der Waals surface area (Å²) in [7, 11) is 3.87. The monoisotopic (exact) mass is 585 g/mol. The predicted octanol–water partition coefficient (Wildman–Crippen LogP) is 5.17. The lowest BCUT2D eigenvalue weighted by molar-refractivity contribution is -0.139. The Hall–Kier alpha value is -5.70. The number of hydrogen-bond acceptors (Lipinski definition) is 5. The molecule has 0 radical (unpaired) electrons. The van der Waals surface area contributed by atoms with Crippen molar-refractivity contribution in [1.29, 1.82) is 0 Å². The van der Waals surface area contributed by atoms with E-state index in [0.29, 0.717) is 16.9 Å². The first kappa shape index (κ1) is 28.4. The Morgan fingerprint density at radius 1 is 0.841 bits per heavy atom. The Labute approximate surface area is 254 Å². The van der Waals surface area contributed by atoms with Crippen LogP contribution < -0.4 is 15.1 Å². The van der Waals surface area contributed by atoms with Crippen LogP contribution in [0.25, 0.3) is 10.9 Å². The van der Waals surface area contributed by atoms with Crippen molar-refractivity contribution in [3.8, 4) is 0 Å². The number of hydrogen-bond donors (Lipinski definition) is 2. The number of H-pyrrole nitrogens is 1. The largest absolute Gasteiger partial charge is 0.378 e. The smallest absolute Gasteiger partial charge is 0.299 e. The lowest BCUT2D eigenvalue weighted by Crippen LogP contribution is -2.46. The maximum absolute atomic E-state index is 14.3. The molecule has 3 amide bonds. The van der Waals surface area contributed by atoms with Gasteiger partial charge in [-0.1, -0.05) is 60.7 Å². The number of carbonyl (C=O) groups excluding carboxylic acids is 4. The number of ketones is 1. The SMILES string of the molecule is CN(C)c1ccc(NC(=O)C(c2c[nH]c3ccccc23)N(Cc2ccccc2)C(=O)CN2C(=O)C(=O)c3ccccc32)cc1. The number of fused-ring (bicyclic) bond motifs is 2. The predicted molar refractivity (Wildman–Crippen MR) is 171 cm³/mol. The number of carbonyl (C=O) groups is 4. The summed E-state index contributed by atoms with van der Waals surface area (Å²) in [6.07, 6.45) is 1.75. The second-order valence-electron chi connectivity index (χ2n) is 10.9. The fourth-order valence-corrected chi connectivity index (χ4v) is 5.56. The Kier molecular flexibility index (Phi) is 7.68. The van der Waals surface area contributed by atoms with Crippen LogP contribution in [0.1, 0.15) is 27.5 Å². The number of benzene rings is 4. The summed E-state index contributed by atoms with van der Waals surface area (Å²) >= 11 is 0. The number of amides is 3. The second kappa shape index (κ2) is 11.9. The van der Waals surface area contributed by atoms with Gasteiger partial charge in [0.25, 0.3) is 17.6 Å². The Bertz CT molecular complexity index is 1860. The average Bonchev–Trinajstić information content (AvgIpc) is 3.56. The molecular formula is C35H31N5O4. The minimum absolute atomic E-state index is 0.0917. The van der Waals surface area contributed by atoms with Crippen LogP contribution >= 0.6 is 0 Å². The van der Waals surface area contributed by atoms with Gasteiger partial charge in [0.15, 0.2) is 0 Å². The molecule has 9 nitrogen and oxygen atoms in total. The topological polar surface area (TPSA) is 106 Å². The van der Waals surface area contributed by atoms with Crippen molar-refractivity contribution in [3.63, 3.8) is 0 Å². The molecule has 1 aromatic heterocycles. The molecule has 4 aromatic carbocycles. The van der Waals surface area contributed by atoms with Gasteiger partial charge in [-0.2, -0.15) is 0 Å². The van der Waals surface area contributed by atoms with Gasteiger partial charge in [0.1, 0.15) is 12.6 Å². The molecular weight excluding hydrogens is 554 g/mol. The molecule has 1 atom stereocenters. The van der Waals surface area contributed by atoms with E-state index in [-0.39, 0.29) is 12.1 Å². The van der Waals surface area contributed by atoms with Crippen LogP contribution in [-0.4, -0.2) is 54.0 Å². The first-order valence-corrected chi connectivity index (χ1v) is 14.2. The second-order valence-corrected chi connectivity index (χ2v) is 10.9. The zero-order chi connectivity index (χ0) is 30.8. The van der Waals surface area contributed by atoms with E-state index >= 15 is 0 Å². The zero-order valence-corrected chi connectivity index (χ0v) is 24.4. The van der Waals surface area contributed by atoms with E-state index in [0.717, 1.165) is 22.2 Å². The first-order chi connectivity index (χ1) is 21.3. The molecule has 0 saturated heterocycles. The number of aromatic amines is 1. The average molecular weight is 586 g/mol. The lowest BCUT2D eigenvalue weighted by atomic mass is 10.0. The van der Waals surface area contributed by atoms with Gasteiger partial charge in [0.05, 0.1) is 11.3 Å². The number of nitrogens with one attached hydrogen (secondary N) is 2. The van der Waals surface area contributed by atoms with Crippen molar-refractivity contribution in [2.24, 2.45) is 0 Å². The summed E-state index contributed by atoms with van der Waals surface area (Å²) in [5.41, 5.74) is 4.41. The molecule has 0 aliphatic carbocycles. The molecule has 2 N–H and O–H groups in total. The lowest BCUT2D eigenvalue weighted by Gasteiger charge is -2.32. The van der Waals surface area contributed by atoms with Crippen LogP contribution in [0.15, 0.2) is 109 Å². The number of nitrogens with zero attached hydrogens (tertiary/aromatic N) is 3. The third-order valence-corrected chi connectivity index (χ3v) is 7.82. The van der Waals surface area contributed by atoms with Gasteiger partial charge in [-0.25, -0.2) is 0 Å². The Morgan fingerprint density at radius 2 is 1.52 bits per heavy atom. The van der Waals surface area contributed by atoms with Crippen LogP contribution in [0, 0.1) is 0 Å². The van der Waals surface area contributed by atoms with Crippen molar-refractivity contribution in [2.75, 3.05) is 35.8 Å². The first-order valence-electron chi connectivity index (χ1n) is 14.2. The molecule has 0 saturated carbocycles. The quantitative estimate of drug-likeness (QED) is 0.232. The molecule has 1 aliphatic heterocycles. The van der Waals surface area contributed by atoms with Crippen LogP contribution in [-0.2, 0) is 20.9 Å². The summed E-state index contributed by atoms with van der Waals surface area (Å²) in [6.45, 7) is -0.313. The molecule has 0 spiro atoms. The number of anilines is 3. The number of Topliss-reactive ketones (excluding diaryl/α,β-unsaturated/α-hetero) is 1. The number of aromatic nitrogens is 1. The Morgan fingerprint density at radius 3 is 2.27 bits per heavy atom. The summed E-state index contributed by atoms with van der Waals surface area (Å²) < 4.78 is 0. The summed E-state index contributed by atoms with van der Waals surface area (Å²) in [6, 6.07) is 29.9. The van der Waals surface area contributed by atoms with E-state index in [1.165, 1.54) is 9.80 Å². The van der Waals surface area contributed by atoms with E-state index < -0.39 is 36.1 Å². The van der Waals surface area contributed by atoms with E-state index in [9.17, 15) is 19.2 Å². The normalized spacial score (nSPS) is 13.1. The van der Waals surface area contributed by atoms with Crippen LogP contribution in [0.2, 0.25) is 0 Å². The molecule has 9 heteroatoms. The van der Waals surface area contributed by atoms with Crippen molar-refractivity contribution in [1.82, 2.24) is 9.88 Å². The van der Waals surface area contributed by atoms with Crippen LogP contribution in [0.3, 0.4) is 0 Å². The van der Waals surface area contributed by atoms with Gasteiger partial charge in [0, 0.05) is 54.7 Å². The summed E-state index contributed by atoms with van der Waals surface area (Å²) in [5, 5.41) is 3.80. The van der Waals surface area contributed by atoms with Gasteiger partial charge in [-0.15, -0.1) is 0 Å². The summed E-state index contributed by atoms with van der Waals surface area (Å²) in [4.78, 5) is 62.2. The van der Waals surface area contributed by atoms with Gasteiger partial charge in [0.2, 0.25) is 5.91 Å². The molecule has 1 unspecified atom stereocenters.